The third kappa shape index (κ3) is 5.37. The molecule has 29 heavy (non-hydrogen) atoms. The van der Waals surface area contributed by atoms with Crippen molar-refractivity contribution in [3.8, 4) is 5.75 Å². The molecule has 2 amide bonds. The van der Waals surface area contributed by atoms with Crippen LogP contribution in [0.15, 0.2) is 54.6 Å². The minimum Gasteiger partial charge on any atom is -0.492 e. The molecule has 1 aliphatic heterocycles. The first-order valence-electron chi connectivity index (χ1n) is 10.2. The van der Waals surface area contributed by atoms with Gasteiger partial charge in [0.2, 0.25) is 11.8 Å². The molecule has 3 rings (SSSR count). The molecular formula is C24H30N2O3. The van der Waals surface area contributed by atoms with Crippen LogP contribution in [0.2, 0.25) is 0 Å². The first-order chi connectivity index (χ1) is 14.0. The van der Waals surface area contributed by atoms with E-state index in [-0.39, 0.29) is 17.7 Å². The van der Waals surface area contributed by atoms with Crippen LogP contribution >= 0.6 is 0 Å². The molecule has 154 valence electrons. The van der Waals surface area contributed by atoms with Crippen LogP contribution in [0.5, 0.6) is 5.75 Å². The lowest BCUT2D eigenvalue weighted by Gasteiger charge is -2.38. The predicted molar refractivity (Wildman–Crippen MR) is 114 cm³/mol. The Hall–Kier alpha value is -2.82. The Kier molecular flexibility index (Phi) is 6.91. The molecule has 0 saturated carbocycles. The first kappa shape index (κ1) is 20.9. The normalized spacial score (nSPS) is 15.7. The SMILES string of the molecule is CC(C)CC(=O)N1Cc2ccccc2CC1C(=O)N(C)CCOc1ccccc1. The Morgan fingerprint density at radius 3 is 2.41 bits per heavy atom. The second-order valence-corrected chi connectivity index (χ2v) is 8.03. The Morgan fingerprint density at radius 1 is 1.07 bits per heavy atom. The minimum atomic E-state index is -0.460. The molecule has 0 bridgehead atoms. The van der Waals surface area contributed by atoms with Gasteiger partial charge in [-0.2, -0.15) is 0 Å². The van der Waals surface area contributed by atoms with Gasteiger partial charge >= 0.3 is 0 Å². The zero-order valence-corrected chi connectivity index (χ0v) is 17.5. The van der Waals surface area contributed by atoms with E-state index >= 15 is 0 Å². The molecule has 0 aliphatic carbocycles. The van der Waals surface area contributed by atoms with Gasteiger partial charge in [0.25, 0.3) is 0 Å². The van der Waals surface area contributed by atoms with Crippen LogP contribution in [0.4, 0.5) is 0 Å². The molecule has 2 aromatic carbocycles. The van der Waals surface area contributed by atoms with Crippen molar-refractivity contribution in [1.82, 2.24) is 9.80 Å². The first-order valence-corrected chi connectivity index (χ1v) is 10.2. The summed E-state index contributed by atoms with van der Waals surface area (Å²) < 4.78 is 5.72. The van der Waals surface area contributed by atoms with E-state index in [9.17, 15) is 9.59 Å². The molecule has 0 aromatic heterocycles. The summed E-state index contributed by atoms with van der Waals surface area (Å²) in [6.45, 7) is 5.43. The number of rotatable bonds is 7. The number of carbonyl (C=O) groups is 2. The molecule has 1 atom stereocenters. The van der Waals surface area contributed by atoms with Crippen molar-refractivity contribution >= 4 is 11.8 Å². The highest BCUT2D eigenvalue weighted by Crippen LogP contribution is 2.25. The number of fused-ring (bicyclic) bond motifs is 1. The number of para-hydroxylation sites is 1. The molecule has 0 radical (unpaired) electrons. The van der Waals surface area contributed by atoms with Crippen molar-refractivity contribution in [2.75, 3.05) is 20.2 Å². The fourth-order valence-electron chi connectivity index (χ4n) is 3.65. The molecule has 5 heteroatoms. The second-order valence-electron chi connectivity index (χ2n) is 8.03. The maximum Gasteiger partial charge on any atom is 0.245 e. The van der Waals surface area contributed by atoms with E-state index in [4.69, 9.17) is 4.74 Å². The van der Waals surface area contributed by atoms with Crippen molar-refractivity contribution in [3.05, 3.63) is 65.7 Å². The quantitative estimate of drug-likeness (QED) is 0.722. The van der Waals surface area contributed by atoms with Crippen LogP contribution in [-0.4, -0.2) is 47.9 Å². The highest BCUT2D eigenvalue weighted by Gasteiger charge is 2.35. The maximum absolute atomic E-state index is 13.2. The minimum absolute atomic E-state index is 0.0340. The van der Waals surface area contributed by atoms with Gasteiger partial charge < -0.3 is 14.5 Å². The molecule has 1 heterocycles. The van der Waals surface area contributed by atoms with Crippen LogP contribution in [0.1, 0.15) is 31.4 Å². The van der Waals surface area contributed by atoms with Gasteiger partial charge in [-0.15, -0.1) is 0 Å². The number of carbonyl (C=O) groups excluding carboxylic acids is 2. The number of nitrogens with zero attached hydrogens (tertiary/aromatic N) is 2. The van der Waals surface area contributed by atoms with E-state index < -0.39 is 6.04 Å². The van der Waals surface area contributed by atoms with Crippen molar-refractivity contribution in [1.29, 1.82) is 0 Å². The summed E-state index contributed by atoms with van der Waals surface area (Å²) in [5.41, 5.74) is 2.28. The lowest BCUT2D eigenvalue weighted by atomic mass is 9.92. The van der Waals surface area contributed by atoms with E-state index in [1.54, 1.807) is 16.8 Å². The lowest BCUT2D eigenvalue weighted by Crippen LogP contribution is -2.53. The number of ether oxygens (including phenoxy) is 1. The molecular weight excluding hydrogens is 364 g/mol. The summed E-state index contributed by atoms with van der Waals surface area (Å²) in [4.78, 5) is 29.6. The number of hydrogen-bond acceptors (Lipinski definition) is 3. The van der Waals surface area contributed by atoms with Crippen LogP contribution in [0.3, 0.4) is 0 Å². The summed E-state index contributed by atoms with van der Waals surface area (Å²) in [7, 11) is 1.78. The lowest BCUT2D eigenvalue weighted by molar-refractivity contribution is -0.147. The molecule has 0 fully saturated rings. The van der Waals surface area contributed by atoms with Gasteiger partial charge in [-0.25, -0.2) is 0 Å². The topological polar surface area (TPSA) is 49.9 Å². The van der Waals surface area contributed by atoms with E-state index in [0.717, 1.165) is 16.9 Å². The number of likely N-dealkylation sites (N-methyl/N-ethyl adjacent to an activating group) is 1. The maximum atomic E-state index is 13.2. The zero-order valence-electron chi connectivity index (χ0n) is 17.5. The van der Waals surface area contributed by atoms with Gasteiger partial charge in [0.15, 0.2) is 0 Å². The molecule has 1 unspecified atom stereocenters. The van der Waals surface area contributed by atoms with Gasteiger partial charge in [-0.3, -0.25) is 9.59 Å². The monoisotopic (exact) mass is 394 g/mol. The second kappa shape index (κ2) is 9.59. The van der Waals surface area contributed by atoms with E-state index in [2.05, 4.69) is 6.07 Å². The van der Waals surface area contributed by atoms with Gasteiger partial charge in [0.05, 0.1) is 6.54 Å². The number of hydrogen-bond donors (Lipinski definition) is 0. The Bertz CT molecular complexity index is 835. The van der Waals surface area contributed by atoms with Gasteiger partial charge in [0, 0.05) is 26.4 Å². The number of benzene rings is 2. The van der Waals surface area contributed by atoms with Gasteiger partial charge in [-0.1, -0.05) is 56.3 Å². The fraction of sp³-hybridized carbons (Fsp3) is 0.417. The number of amides is 2. The molecule has 0 saturated heterocycles. The smallest absolute Gasteiger partial charge is 0.245 e. The van der Waals surface area contributed by atoms with E-state index in [1.165, 1.54) is 0 Å². The highest BCUT2D eigenvalue weighted by molar-refractivity contribution is 5.88. The Balaban J connectivity index is 1.68. The third-order valence-electron chi connectivity index (χ3n) is 5.25. The average Bonchev–Trinajstić information content (AvgIpc) is 2.72. The zero-order chi connectivity index (χ0) is 20.8. The molecule has 0 spiro atoms. The summed E-state index contributed by atoms with van der Waals surface area (Å²) >= 11 is 0. The van der Waals surface area contributed by atoms with Crippen molar-refractivity contribution < 1.29 is 14.3 Å². The standard InChI is InChI=1S/C24H30N2O3/c1-18(2)15-23(27)26-17-20-10-8-7-9-19(20)16-22(26)24(28)25(3)13-14-29-21-11-5-4-6-12-21/h4-12,18,22H,13-17H2,1-3H3. The predicted octanol–water partition coefficient (Wildman–Crippen LogP) is 3.52. The van der Waals surface area contributed by atoms with Crippen LogP contribution in [0, 0.1) is 5.92 Å². The Labute approximate surface area is 173 Å². The molecule has 1 aliphatic rings. The van der Waals surface area contributed by atoms with Gasteiger partial charge in [-0.05, 0) is 29.2 Å². The summed E-state index contributed by atoms with van der Waals surface area (Å²) in [6, 6.07) is 17.2. The fourth-order valence-corrected chi connectivity index (χ4v) is 3.65. The summed E-state index contributed by atoms with van der Waals surface area (Å²) in [5.74, 6) is 1.05. The van der Waals surface area contributed by atoms with Crippen LogP contribution in [-0.2, 0) is 22.6 Å². The third-order valence-corrected chi connectivity index (χ3v) is 5.25. The van der Waals surface area contributed by atoms with Gasteiger partial charge in [0.1, 0.15) is 18.4 Å². The van der Waals surface area contributed by atoms with Crippen LogP contribution in [0.25, 0.3) is 0 Å². The summed E-state index contributed by atoms with van der Waals surface area (Å²) in [5, 5.41) is 0. The average molecular weight is 395 g/mol. The largest absolute Gasteiger partial charge is 0.492 e. The van der Waals surface area contributed by atoms with Crippen molar-refractivity contribution in [2.45, 2.75) is 39.3 Å². The molecule has 5 nitrogen and oxygen atoms in total. The van der Waals surface area contributed by atoms with E-state index in [1.807, 2.05) is 62.4 Å². The van der Waals surface area contributed by atoms with Crippen molar-refractivity contribution in [2.24, 2.45) is 5.92 Å². The molecule has 0 N–H and O–H groups in total. The van der Waals surface area contributed by atoms with E-state index in [0.29, 0.717) is 32.5 Å². The van der Waals surface area contributed by atoms with Crippen LogP contribution < -0.4 is 4.74 Å². The highest BCUT2D eigenvalue weighted by atomic mass is 16.5. The molecule has 2 aromatic rings. The Morgan fingerprint density at radius 2 is 1.72 bits per heavy atom. The summed E-state index contributed by atoms with van der Waals surface area (Å²) in [6.07, 6.45) is 1.01. The van der Waals surface area contributed by atoms with Crippen molar-refractivity contribution in [3.63, 3.8) is 0 Å².